The molecule has 3 unspecified atom stereocenters. The Morgan fingerprint density at radius 3 is 2.58 bits per heavy atom. The number of benzene rings is 1. The number of hydrogen-bond donors (Lipinski definition) is 2. The van der Waals surface area contributed by atoms with Crippen molar-refractivity contribution in [3.8, 4) is 0 Å². The summed E-state index contributed by atoms with van der Waals surface area (Å²) in [5, 5.41) is 3.74. The lowest BCUT2D eigenvalue weighted by molar-refractivity contribution is -0.142. The predicted octanol–water partition coefficient (Wildman–Crippen LogP) is 3.86. The summed E-state index contributed by atoms with van der Waals surface area (Å²) in [5.41, 5.74) is 1.01. The molecular weight excluding hydrogens is 491 g/mol. The van der Waals surface area contributed by atoms with E-state index in [1.807, 2.05) is 11.1 Å². The summed E-state index contributed by atoms with van der Waals surface area (Å²) < 4.78 is 24.5. The number of aromatic nitrogens is 1. The number of nitrogens with zero attached hydrogens (tertiary/aromatic N) is 2. The minimum Gasteiger partial charge on any atom is -0.444 e. The van der Waals surface area contributed by atoms with Gasteiger partial charge in [-0.25, -0.2) is 9.18 Å². The van der Waals surface area contributed by atoms with Crippen LogP contribution in [0.5, 0.6) is 0 Å². The van der Waals surface area contributed by atoms with E-state index in [0.29, 0.717) is 18.5 Å². The highest BCUT2D eigenvalue weighted by Gasteiger charge is 2.41. The highest BCUT2D eigenvalue weighted by Crippen LogP contribution is 2.30. The zero-order valence-corrected chi connectivity index (χ0v) is 23.6. The molecule has 3 rings (SSSR count). The molecule has 9 nitrogen and oxygen atoms in total. The van der Waals surface area contributed by atoms with E-state index in [-0.39, 0.29) is 23.7 Å². The highest BCUT2D eigenvalue weighted by atomic mass is 19.1. The van der Waals surface area contributed by atoms with Gasteiger partial charge in [-0.3, -0.25) is 14.5 Å². The number of methoxy groups -OCH3 is 1. The average molecular weight is 533 g/mol. The number of fused-ring (bicyclic) bond motifs is 1. The van der Waals surface area contributed by atoms with Crippen molar-refractivity contribution in [2.45, 2.75) is 84.2 Å². The molecule has 1 saturated heterocycles. The van der Waals surface area contributed by atoms with Crippen molar-refractivity contribution in [2.75, 3.05) is 20.7 Å². The largest absolute Gasteiger partial charge is 0.444 e. The summed E-state index contributed by atoms with van der Waals surface area (Å²) >= 11 is 0. The molecule has 0 aliphatic carbocycles. The Labute approximate surface area is 224 Å². The van der Waals surface area contributed by atoms with Crippen LogP contribution in [0.3, 0.4) is 0 Å². The number of halogens is 1. The molecule has 1 aliphatic heterocycles. The lowest BCUT2D eigenvalue weighted by atomic mass is 9.95. The summed E-state index contributed by atoms with van der Waals surface area (Å²) in [4.78, 5) is 45.6. The maximum Gasteiger partial charge on any atom is 0.410 e. The summed E-state index contributed by atoms with van der Waals surface area (Å²) in [6.45, 7) is 11.2. The molecule has 0 spiro atoms. The number of nitrogens with one attached hydrogen (secondary N) is 2. The molecule has 2 aromatic rings. The second-order valence-corrected chi connectivity index (χ2v) is 11.3. The van der Waals surface area contributed by atoms with Crippen LogP contribution in [0, 0.1) is 11.7 Å². The second-order valence-electron chi connectivity index (χ2n) is 11.3. The molecule has 2 N–H and O–H groups in total. The quantitative estimate of drug-likeness (QED) is 0.537. The maximum atomic E-state index is 13.9. The fraction of sp³-hybridized carbons (Fsp3) is 0.607. The molecule has 0 saturated carbocycles. The van der Waals surface area contributed by atoms with Gasteiger partial charge in [0.15, 0.2) is 0 Å². The third-order valence-electron chi connectivity index (χ3n) is 7.37. The summed E-state index contributed by atoms with van der Waals surface area (Å²) in [6, 6.07) is 2.73. The monoisotopic (exact) mass is 532 g/mol. The first kappa shape index (κ1) is 29.4. The molecule has 1 aromatic heterocycles. The maximum absolute atomic E-state index is 13.9. The van der Waals surface area contributed by atoms with Gasteiger partial charge in [0.1, 0.15) is 23.5 Å². The number of hydrogen-bond acceptors (Lipinski definition) is 5. The molecule has 5 atom stereocenters. The molecular formula is C28H41FN4O5. The highest BCUT2D eigenvalue weighted by molar-refractivity contribution is 5.92. The number of amides is 3. The molecule has 10 heteroatoms. The van der Waals surface area contributed by atoms with Crippen LogP contribution in [0.1, 0.15) is 53.5 Å². The number of H-pyrrole nitrogens is 1. The Bertz CT molecular complexity index is 1160. The van der Waals surface area contributed by atoms with E-state index >= 15 is 0 Å². The number of rotatable bonds is 8. The number of likely N-dealkylation sites (N-methyl/N-ethyl adjacent to an activating group) is 1. The van der Waals surface area contributed by atoms with Crippen LogP contribution < -0.4 is 5.32 Å². The van der Waals surface area contributed by atoms with Crippen LogP contribution >= 0.6 is 0 Å². The number of aromatic amines is 1. The van der Waals surface area contributed by atoms with Gasteiger partial charge < -0.3 is 24.7 Å². The van der Waals surface area contributed by atoms with Crippen LogP contribution in [0.2, 0.25) is 0 Å². The van der Waals surface area contributed by atoms with Crippen LogP contribution in [0.4, 0.5) is 9.18 Å². The number of ether oxygens (including phenoxy) is 2. The lowest BCUT2D eigenvalue weighted by Gasteiger charge is -2.34. The van der Waals surface area contributed by atoms with Gasteiger partial charge in [-0.05, 0) is 77.1 Å². The molecule has 1 aliphatic rings. The molecule has 1 fully saturated rings. The van der Waals surface area contributed by atoms with Gasteiger partial charge >= 0.3 is 6.09 Å². The van der Waals surface area contributed by atoms with E-state index in [9.17, 15) is 18.8 Å². The standard InChI is InChI=1S/C28H41FN4O5/c1-16-11-12-33(23(16)13-19-15-30-22-14-20(29)9-10-21(19)22)26(35)24(18(3)37-8)31-25(34)17(2)32(7)27(36)38-28(4,5)6/h9-10,14-18,23-24,30H,11-13H2,1-8H3,(H,31,34)/t16-,17?,18?,23+,24?/m0/s1. The van der Waals surface area contributed by atoms with Gasteiger partial charge in [0.25, 0.3) is 0 Å². The van der Waals surface area contributed by atoms with Crippen molar-refractivity contribution in [2.24, 2.45) is 5.92 Å². The van der Waals surface area contributed by atoms with Crippen molar-refractivity contribution in [3.63, 3.8) is 0 Å². The summed E-state index contributed by atoms with van der Waals surface area (Å²) in [6.07, 6.45) is 2.06. The van der Waals surface area contributed by atoms with Gasteiger partial charge in [0.2, 0.25) is 11.8 Å². The molecule has 3 amide bonds. The first-order chi connectivity index (χ1) is 17.7. The van der Waals surface area contributed by atoms with Crippen LogP contribution in [-0.4, -0.2) is 83.2 Å². The fourth-order valence-corrected chi connectivity index (χ4v) is 4.78. The lowest BCUT2D eigenvalue weighted by Crippen LogP contribution is -2.59. The minimum absolute atomic E-state index is 0.100. The van der Waals surface area contributed by atoms with Gasteiger partial charge in [0, 0.05) is 43.8 Å². The first-order valence-electron chi connectivity index (χ1n) is 13.1. The Morgan fingerprint density at radius 2 is 1.95 bits per heavy atom. The minimum atomic E-state index is -0.938. The average Bonchev–Trinajstić information content (AvgIpc) is 3.42. The normalized spacial score (nSPS) is 20.2. The Kier molecular flexibility index (Phi) is 9.07. The predicted molar refractivity (Wildman–Crippen MR) is 143 cm³/mol. The van der Waals surface area contributed by atoms with Crippen LogP contribution in [-0.2, 0) is 25.5 Å². The van der Waals surface area contributed by atoms with Gasteiger partial charge in [0.05, 0.1) is 6.10 Å². The Hall–Kier alpha value is -3.14. The molecule has 2 heterocycles. The number of likely N-dealkylation sites (tertiary alicyclic amines) is 1. The Balaban J connectivity index is 1.77. The van der Waals surface area contributed by atoms with Crippen molar-refractivity contribution < 1.29 is 28.2 Å². The Morgan fingerprint density at radius 1 is 1.26 bits per heavy atom. The van der Waals surface area contributed by atoms with Crippen molar-refractivity contribution in [1.29, 1.82) is 0 Å². The van der Waals surface area contributed by atoms with E-state index < -0.39 is 35.8 Å². The third kappa shape index (κ3) is 6.64. The van der Waals surface area contributed by atoms with Crippen LogP contribution in [0.25, 0.3) is 10.9 Å². The fourth-order valence-electron chi connectivity index (χ4n) is 4.78. The first-order valence-corrected chi connectivity index (χ1v) is 13.1. The smallest absolute Gasteiger partial charge is 0.410 e. The van der Waals surface area contributed by atoms with Crippen LogP contribution in [0.15, 0.2) is 24.4 Å². The zero-order valence-electron chi connectivity index (χ0n) is 23.6. The molecule has 1 aromatic carbocycles. The third-order valence-corrected chi connectivity index (χ3v) is 7.37. The van der Waals surface area contributed by atoms with E-state index in [1.54, 1.807) is 40.7 Å². The zero-order chi connectivity index (χ0) is 28.4. The second kappa shape index (κ2) is 11.7. The molecule has 210 valence electrons. The topological polar surface area (TPSA) is 104 Å². The van der Waals surface area contributed by atoms with E-state index in [0.717, 1.165) is 17.4 Å². The SMILES string of the molecule is COC(C)C(NC(=O)C(C)N(C)C(=O)OC(C)(C)C)C(=O)N1CC[C@H](C)[C@H]1Cc1c[nH]c2cc(F)ccc12. The number of carbonyl (C=O) groups is 3. The van der Waals surface area contributed by atoms with E-state index in [1.165, 1.54) is 31.2 Å². The van der Waals surface area contributed by atoms with Crippen molar-refractivity contribution in [1.82, 2.24) is 20.1 Å². The summed E-state index contributed by atoms with van der Waals surface area (Å²) in [5.74, 6) is -0.797. The van der Waals surface area contributed by atoms with Crippen molar-refractivity contribution in [3.05, 3.63) is 35.8 Å². The van der Waals surface area contributed by atoms with Gasteiger partial charge in [-0.15, -0.1) is 0 Å². The van der Waals surface area contributed by atoms with Crippen molar-refractivity contribution >= 4 is 28.8 Å². The van der Waals surface area contributed by atoms with Gasteiger partial charge in [-0.2, -0.15) is 0 Å². The molecule has 0 radical (unpaired) electrons. The summed E-state index contributed by atoms with van der Waals surface area (Å²) in [7, 11) is 2.97. The number of carbonyl (C=O) groups excluding carboxylic acids is 3. The van der Waals surface area contributed by atoms with E-state index in [2.05, 4.69) is 17.2 Å². The van der Waals surface area contributed by atoms with E-state index in [4.69, 9.17) is 9.47 Å². The molecule has 0 bridgehead atoms. The molecule has 38 heavy (non-hydrogen) atoms. The van der Waals surface area contributed by atoms with Gasteiger partial charge in [-0.1, -0.05) is 6.92 Å².